The summed E-state index contributed by atoms with van der Waals surface area (Å²) in [5.74, 6) is -0.100. The van der Waals surface area contributed by atoms with E-state index in [1.54, 1.807) is 6.20 Å². The molecule has 0 fully saturated rings. The number of nitrogens with zero attached hydrogens (tertiary/aromatic N) is 5. The van der Waals surface area contributed by atoms with Crippen LogP contribution in [0.15, 0.2) is 47.0 Å². The lowest BCUT2D eigenvalue weighted by molar-refractivity contribution is 0.913. The molecule has 0 saturated carbocycles. The van der Waals surface area contributed by atoms with Gasteiger partial charge in [-0.2, -0.15) is 0 Å². The quantitative estimate of drug-likeness (QED) is 0.542. The van der Waals surface area contributed by atoms with Crippen molar-refractivity contribution in [1.29, 1.82) is 5.41 Å². The molecule has 0 aliphatic heterocycles. The molecule has 0 bridgehead atoms. The monoisotopic (exact) mass is 271 g/mol. The van der Waals surface area contributed by atoms with Crippen molar-refractivity contribution in [2.45, 2.75) is 10.2 Å². The highest BCUT2D eigenvalue weighted by atomic mass is 32.2. The number of amidine groups is 1. The van der Waals surface area contributed by atoms with Crippen LogP contribution in [-0.4, -0.2) is 30.4 Å². The fraction of sp³-hybridized carbons (Fsp3) is 0. The predicted octanol–water partition coefficient (Wildman–Crippen LogP) is 0.955. The second-order valence-corrected chi connectivity index (χ2v) is 4.65. The van der Waals surface area contributed by atoms with E-state index in [0.29, 0.717) is 15.9 Å². The number of nitrogen functional groups attached to an aromatic ring is 1. The van der Waals surface area contributed by atoms with E-state index in [0.717, 1.165) is 5.65 Å². The highest BCUT2D eigenvalue weighted by Gasteiger charge is 2.08. The average Bonchev–Trinajstić information content (AvgIpc) is 2.83. The third kappa shape index (κ3) is 2.25. The van der Waals surface area contributed by atoms with Gasteiger partial charge in [0.15, 0.2) is 5.65 Å². The van der Waals surface area contributed by atoms with Crippen molar-refractivity contribution in [1.82, 2.24) is 24.6 Å². The maximum atomic E-state index is 7.25. The Labute approximate surface area is 112 Å². The van der Waals surface area contributed by atoms with Gasteiger partial charge < -0.3 is 5.73 Å². The molecular weight excluding hydrogens is 262 g/mol. The summed E-state index contributed by atoms with van der Waals surface area (Å²) in [6, 6.07) is 5.69. The van der Waals surface area contributed by atoms with Crippen molar-refractivity contribution in [3.63, 3.8) is 0 Å². The van der Waals surface area contributed by atoms with E-state index >= 15 is 0 Å². The molecule has 0 spiro atoms. The molecule has 3 heterocycles. The summed E-state index contributed by atoms with van der Waals surface area (Å²) in [5.41, 5.74) is 6.45. The number of rotatable bonds is 3. The first-order valence-corrected chi connectivity index (χ1v) is 6.20. The number of nitrogens with two attached hydrogens (primary N) is 1. The lowest BCUT2D eigenvalue weighted by atomic mass is 10.4. The number of hydrogen-bond acceptors (Lipinski definition) is 6. The third-order valence-corrected chi connectivity index (χ3v) is 3.26. The van der Waals surface area contributed by atoms with Crippen LogP contribution in [0.5, 0.6) is 0 Å². The Morgan fingerprint density at radius 2 is 2.11 bits per heavy atom. The molecule has 0 unspecified atom stereocenters. The zero-order chi connectivity index (χ0) is 13.2. The normalized spacial score (nSPS) is 10.7. The first-order valence-electron chi connectivity index (χ1n) is 5.38. The summed E-state index contributed by atoms with van der Waals surface area (Å²) in [6.07, 6.45) is 4.91. The van der Waals surface area contributed by atoms with Gasteiger partial charge >= 0.3 is 0 Å². The lowest BCUT2D eigenvalue weighted by Crippen LogP contribution is -2.13. The molecular formula is C11H9N7S. The zero-order valence-corrected chi connectivity index (χ0v) is 10.5. The molecule has 3 aromatic heterocycles. The highest BCUT2D eigenvalue weighted by Crippen LogP contribution is 2.23. The van der Waals surface area contributed by atoms with Crippen LogP contribution in [0.2, 0.25) is 0 Å². The second kappa shape index (κ2) is 4.65. The maximum absolute atomic E-state index is 7.25. The molecule has 0 aliphatic rings. The minimum atomic E-state index is -0.100. The topological polar surface area (TPSA) is 106 Å². The minimum absolute atomic E-state index is 0.100. The van der Waals surface area contributed by atoms with Crippen LogP contribution in [0.25, 0.3) is 5.65 Å². The fourth-order valence-electron chi connectivity index (χ4n) is 1.49. The van der Waals surface area contributed by atoms with Crippen LogP contribution in [0.4, 0.5) is 0 Å². The van der Waals surface area contributed by atoms with Gasteiger partial charge in [-0.3, -0.25) is 9.81 Å². The Bertz CT molecular complexity index is 734. The molecule has 0 radical (unpaired) electrons. The first kappa shape index (κ1) is 11.6. The van der Waals surface area contributed by atoms with Crippen LogP contribution in [-0.2, 0) is 0 Å². The van der Waals surface area contributed by atoms with Crippen LogP contribution < -0.4 is 5.73 Å². The van der Waals surface area contributed by atoms with Crippen LogP contribution >= 0.6 is 11.8 Å². The Morgan fingerprint density at radius 3 is 2.84 bits per heavy atom. The van der Waals surface area contributed by atoms with Gasteiger partial charge in [0, 0.05) is 6.20 Å². The third-order valence-electron chi connectivity index (χ3n) is 2.38. The van der Waals surface area contributed by atoms with E-state index in [-0.39, 0.29) is 5.84 Å². The molecule has 0 atom stereocenters. The van der Waals surface area contributed by atoms with E-state index in [2.05, 4.69) is 20.2 Å². The Balaban J connectivity index is 1.90. The summed E-state index contributed by atoms with van der Waals surface area (Å²) < 4.78 is 1.87. The van der Waals surface area contributed by atoms with Crippen LogP contribution in [0, 0.1) is 5.41 Å². The molecule has 19 heavy (non-hydrogen) atoms. The van der Waals surface area contributed by atoms with Crippen molar-refractivity contribution in [3.8, 4) is 0 Å². The first-order chi connectivity index (χ1) is 9.24. The van der Waals surface area contributed by atoms with Crippen LogP contribution in [0.3, 0.4) is 0 Å². The van der Waals surface area contributed by atoms with Crippen molar-refractivity contribution < 1.29 is 0 Å². The Kier molecular flexibility index (Phi) is 2.84. The number of nitrogens with one attached hydrogen (secondary N) is 1. The summed E-state index contributed by atoms with van der Waals surface area (Å²) in [7, 11) is 0. The van der Waals surface area contributed by atoms with Crippen molar-refractivity contribution >= 4 is 23.2 Å². The van der Waals surface area contributed by atoms with Gasteiger partial charge in [-0.25, -0.2) is 9.97 Å². The predicted molar refractivity (Wildman–Crippen MR) is 70.2 cm³/mol. The largest absolute Gasteiger partial charge is 0.382 e. The summed E-state index contributed by atoms with van der Waals surface area (Å²) in [5, 5.41) is 16.8. The molecule has 0 aromatic carbocycles. The highest BCUT2D eigenvalue weighted by molar-refractivity contribution is 7.99. The molecule has 3 rings (SSSR count). The number of hydrogen-bond donors (Lipinski definition) is 2. The van der Waals surface area contributed by atoms with E-state index in [9.17, 15) is 0 Å². The number of aromatic nitrogens is 5. The van der Waals surface area contributed by atoms with Crippen molar-refractivity contribution in [2.24, 2.45) is 5.73 Å². The summed E-state index contributed by atoms with van der Waals surface area (Å²) in [6.45, 7) is 0. The van der Waals surface area contributed by atoms with Gasteiger partial charge in [-0.15, -0.1) is 10.2 Å². The number of pyridine rings is 1. The van der Waals surface area contributed by atoms with Gasteiger partial charge in [0.25, 0.3) is 0 Å². The Hall–Kier alpha value is -2.48. The molecule has 8 heteroatoms. The molecule has 94 valence electrons. The van der Waals surface area contributed by atoms with Crippen LogP contribution in [0.1, 0.15) is 5.69 Å². The molecule has 3 aromatic rings. The Morgan fingerprint density at radius 1 is 1.21 bits per heavy atom. The van der Waals surface area contributed by atoms with E-state index in [1.807, 2.05) is 28.8 Å². The fourth-order valence-corrected chi connectivity index (χ4v) is 2.22. The molecule has 3 N–H and O–H groups in total. The van der Waals surface area contributed by atoms with Gasteiger partial charge in [0.05, 0.1) is 12.4 Å². The smallest absolute Gasteiger partial charge is 0.201 e. The maximum Gasteiger partial charge on any atom is 0.201 e. The van der Waals surface area contributed by atoms with Gasteiger partial charge in [0.2, 0.25) is 5.16 Å². The molecule has 0 aliphatic carbocycles. The summed E-state index contributed by atoms with van der Waals surface area (Å²) >= 11 is 1.35. The SMILES string of the molecule is N=C(N)c1cnc(Sc2nnc3ccccn23)cn1. The molecule has 7 nitrogen and oxygen atoms in total. The lowest BCUT2D eigenvalue weighted by Gasteiger charge is -2.00. The average molecular weight is 271 g/mol. The standard InChI is InChI=1S/C11H9N7S/c12-10(13)7-5-15-9(6-14-7)19-11-17-16-8-3-1-2-4-18(8)11/h1-6H,(H3,12,13). The zero-order valence-electron chi connectivity index (χ0n) is 9.69. The van der Waals surface area contributed by atoms with Gasteiger partial charge in [0.1, 0.15) is 16.6 Å². The second-order valence-electron chi connectivity index (χ2n) is 3.67. The summed E-state index contributed by atoms with van der Waals surface area (Å²) in [4.78, 5) is 8.23. The van der Waals surface area contributed by atoms with E-state index < -0.39 is 0 Å². The molecule has 0 amide bonds. The molecule has 0 saturated heterocycles. The van der Waals surface area contributed by atoms with Crippen molar-refractivity contribution in [3.05, 3.63) is 42.5 Å². The van der Waals surface area contributed by atoms with E-state index in [1.165, 1.54) is 18.0 Å². The van der Waals surface area contributed by atoms with E-state index in [4.69, 9.17) is 11.1 Å². The number of fused-ring (bicyclic) bond motifs is 1. The van der Waals surface area contributed by atoms with Crippen molar-refractivity contribution in [2.75, 3.05) is 0 Å². The van der Waals surface area contributed by atoms with Gasteiger partial charge in [-0.1, -0.05) is 6.07 Å². The van der Waals surface area contributed by atoms with Gasteiger partial charge in [-0.05, 0) is 23.9 Å². The minimum Gasteiger partial charge on any atom is -0.382 e.